The predicted molar refractivity (Wildman–Crippen MR) is 84.0 cm³/mol. The van der Waals surface area contributed by atoms with Crippen molar-refractivity contribution in [3.8, 4) is 0 Å². The number of anilines is 1. The van der Waals surface area contributed by atoms with Crippen molar-refractivity contribution in [1.82, 2.24) is 25.1 Å². The average molecular weight is 316 g/mol. The summed E-state index contributed by atoms with van der Waals surface area (Å²) in [5, 5.41) is 20.1. The predicted octanol–water partition coefficient (Wildman–Crippen LogP) is 0.225. The first-order chi connectivity index (χ1) is 11.1. The normalized spacial score (nSPS) is 20.7. The lowest BCUT2D eigenvalue weighted by atomic mass is 10.0. The van der Waals surface area contributed by atoms with Crippen molar-refractivity contribution < 1.29 is 9.90 Å². The average Bonchev–Trinajstić information content (AvgIpc) is 3.13. The molecular weight excluding hydrogens is 296 g/mol. The first-order valence-electron chi connectivity index (χ1n) is 7.55. The van der Waals surface area contributed by atoms with Crippen LogP contribution in [0.25, 0.3) is 0 Å². The number of hydrogen-bond donors (Lipinski definition) is 3. The van der Waals surface area contributed by atoms with Crippen LogP contribution in [0.3, 0.4) is 0 Å². The number of carbonyl (C=O) groups excluding carboxylic acids is 1. The van der Waals surface area contributed by atoms with Crippen LogP contribution in [-0.4, -0.2) is 62.3 Å². The Labute approximate surface area is 134 Å². The molecule has 3 rings (SSSR count). The molecule has 8 nitrogen and oxygen atoms in total. The first-order valence-corrected chi connectivity index (χ1v) is 7.55. The Bertz CT molecular complexity index is 684. The van der Waals surface area contributed by atoms with Gasteiger partial charge in [0.2, 0.25) is 5.95 Å². The fraction of sp³-hybridized carbons (Fsp3) is 0.467. The fourth-order valence-electron chi connectivity index (χ4n) is 2.82. The molecule has 1 aliphatic rings. The van der Waals surface area contributed by atoms with Crippen molar-refractivity contribution in [3.05, 3.63) is 35.4 Å². The standard InChI is InChI=1S/C15H20N6O2/c1-9-3-12(20-19-9)4-10-7-21(8-13(10)22)14(23)11-5-17-15(16-2)18-6-11/h3,5-6,10,13,22H,4,7-8H2,1-2H3,(H,19,20)(H,16,17,18)/t10-,13-/m1/s1. The molecule has 0 spiro atoms. The Kier molecular flexibility index (Phi) is 4.24. The van der Waals surface area contributed by atoms with Gasteiger partial charge in [-0.05, 0) is 19.4 Å². The quantitative estimate of drug-likeness (QED) is 0.745. The van der Waals surface area contributed by atoms with Crippen molar-refractivity contribution >= 4 is 11.9 Å². The highest BCUT2D eigenvalue weighted by molar-refractivity contribution is 5.94. The van der Waals surface area contributed by atoms with Crippen LogP contribution in [0.4, 0.5) is 5.95 Å². The van der Waals surface area contributed by atoms with Gasteiger partial charge >= 0.3 is 0 Å². The van der Waals surface area contributed by atoms with Gasteiger partial charge in [-0.3, -0.25) is 9.89 Å². The number of aliphatic hydroxyl groups is 1. The largest absolute Gasteiger partial charge is 0.391 e. The van der Waals surface area contributed by atoms with E-state index in [9.17, 15) is 9.90 Å². The molecule has 1 fully saturated rings. The van der Waals surface area contributed by atoms with Gasteiger partial charge in [-0.2, -0.15) is 5.10 Å². The van der Waals surface area contributed by atoms with Gasteiger partial charge in [0.25, 0.3) is 5.91 Å². The summed E-state index contributed by atoms with van der Waals surface area (Å²) in [5.74, 6) is 0.293. The van der Waals surface area contributed by atoms with Crippen molar-refractivity contribution in [2.45, 2.75) is 19.4 Å². The molecule has 0 aliphatic carbocycles. The second kappa shape index (κ2) is 6.33. The third kappa shape index (κ3) is 3.31. The molecule has 1 aliphatic heterocycles. The number of aromatic amines is 1. The molecule has 3 N–H and O–H groups in total. The SMILES string of the molecule is CNc1ncc(C(=O)N2C[C@@H](Cc3cc(C)[nH]n3)[C@H](O)C2)cn1. The minimum Gasteiger partial charge on any atom is -0.391 e. The molecule has 2 aromatic heterocycles. The van der Waals surface area contributed by atoms with Crippen molar-refractivity contribution in [3.63, 3.8) is 0 Å². The second-order valence-electron chi connectivity index (χ2n) is 5.83. The molecular formula is C15H20N6O2. The van der Waals surface area contributed by atoms with Crippen molar-refractivity contribution in [2.75, 3.05) is 25.5 Å². The zero-order valence-electron chi connectivity index (χ0n) is 13.2. The Balaban J connectivity index is 1.66. The number of β-amino-alcohol motifs (C(OH)–C–C–N with tert-alkyl or cyclic N) is 1. The minimum atomic E-state index is -0.548. The number of rotatable bonds is 4. The number of nitrogens with zero attached hydrogens (tertiary/aromatic N) is 4. The van der Waals surface area contributed by atoms with E-state index in [1.807, 2.05) is 13.0 Å². The third-order valence-electron chi connectivity index (χ3n) is 4.05. The van der Waals surface area contributed by atoms with Crippen LogP contribution < -0.4 is 5.32 Å². The lowest BCUT2D eigenvalue weighted by Gasteiger charge is -2.15. The molecule has 0 bridgehead atoms. The molecule has 3 heterocycles. The highest BCUT2D eigenvalue weighted by Gasteiger charge is 2.35. The van der Waals surface area contributed by atoms with Crippen LogP contribution in [-0.2, 0) is 6.42 Å². The number of likely N-dealkylation sites (tertiary alicyclic amines) is 1. The molecule has 0 radical (unpaired) electrons. The Morgan fingerprint density at radius 1 is 1.43 bits per heavy atom. The smallest absolute Gasteiger partial charge is 0.257 e. The van der Waals surface area contributed by atoms with Crippen LogP contribution >= 0.6 is 0 Å². The maximum absolute atomic E-state index is 12.5. The van der Waals surface area contributed by atoms with E-state index in [4.69, 9.17) is 0 Å². The molecule has 2 aromatic rings. The van der Waals surface area contributed by atoms with E-state index >= 15 is 0 Å². The topological polar surface area (TPSA) is 107 Å². The van der Waals surface area contributed by atoms with Crippen LogP contribution in [0.1, 0.15) is 21.7 Å². The van der Waals surface area contributed by atoms with Crippen LogP contribution in [0.2, 0.25) is 0 Å². The van der Waals surface area contributed by atoms with Gasteiger partial charge in [0.05, 0.1) is 17.4 Å². The fourth-order valence-corrected chi connectivity index (χ4v) is 2.82. The number of hydrogen-bond acceptors (Lipinski definition) is 6. The van der Waals surface area contributed by atoms with E-state index < -0.39 is 6.10 Å². The third-order valence-corrected chi connectivity index (χ3v) is 4.05. The van der Waals surface area contributed by atoms with E-state index in [0.717, 1.165) is 11.4 Å². The van der Waals surface area contributed by atoms with Crippen LogP contribution in [0.5, 0.6) is 0 Å². The zero-order chi connectivity index (χ0) is 16.4. The molecule has 1 amide bonds. The summed E-state index contributed by atoms with van der Waals surface area (Å²) >= 11 is 0. The molecule has 122 valence electrons. The van der Waals surface area contributed by atoms with Crippen molar-refractivity contribution in [1.29, 1.82) is 0 Å². The summed E-state index contributed by atoms with van der Waals surface area (Å²) < 4.78 is 0. The van der Waals surface area contributed by atoms with E-state index in [1.54, 1.807) is 11.9 Å². The van der Waals surface area contributed by atoms with E-state index in [1.165, 1.54) is 12.4 Å². The van der Waals surface area contributed by atoms with Gasteiger partial charge < -0.3 is 15.3 Å². The Morgan fingerprint density at radius 2 is 2.17 bits per heavy atom. The van der Waals surface area contributed by atoms with E-state index in [0.29, 0.717) is 31.0 Å². The Hall–Kier alpha value is -2.48. The lowest BCUT2D eigenvalue weighted by Crippen LogP contribution is -2.29. The molecule has 2 atom stereocenters. The summed E-state index contributed by atoms with van der Waals surface area (Å²) in [6, 6.07) is 1.96. The summed E-state index contributed by atoms with van der Waals surface area (Å²) in [7, 11) is 1.72. The number of H-pyrrole nitrogens is 1. The number of aromatic nitrogens is 4. The Morgan fingerprint density at radius 3 is 2.78 bits per heavy atom. The zero-order valence-corrected chi connectivity index (χ0v) is 13.2. The number of amides is 1. The summed E-state index contributed by atoms with van der Waals surface area (Å²) in [6.45, 7) is 2.76. The van der Waals surface area contributed by atoms with Crippen LogP contribution in [0, 0.1) is 12.8 Å². The summed E-state index contributed by atoms with van der Waals surface area (Å²) in [5.41, 5.74) is 2.32. The minimum absolute atomic E-state index is 0.0147. The highest BCUT2D eigenvalue weighted by Crippen LogP contribution is 2.22. The van der Waals surface area contributed by atoms with Crippen molar-refractivity contribution in [2.24, 2.45) is 5.92 Å². The molecule has 1 saturated heterocycles. The number of nitrogens with one attached hydrogen (secondary N) is 2. The highest BCUT2D eigenvalue weighted by atomic mass is 16.3. The van der Waals surface area contributed by atoms with E-state index in [-0.39, 0.29) is 11.8 Å². The van der Waals surface area contributed by atoms with E-state index in [2.05, 4.69) is 25.5 Å². The molecule has 8 heteroatoms. The summed E-state index contributed by atoms with van der Waals surface area (Å²) in [4.78, 5) is 22.2. The molecule has 0 aromatic carbocycles. The van der Waals surface area contributed by atoms with Gasteiger partial charge in [-0.1, -0.05) is 0 Å². The van der Waals surface area contributed by atoms with Crippen LogP contribution in [0.15, 0.2) is 18.5 Å². The lowest BCUT2D eigenvalue weighted by molar-refractivity contribution is 0.0764. The maximum atomic E-state index is 12.5. The number of aryl methyl sites for hydroxylation is 1. The second-order valence-corrected chi connectivity index (χ2v) is 5.83. The first kappa shape index (κ1) is 15.4. The van der Waals surface area contributed by atoms with Gasteiger partial charge in [-0.15, -0.1) is 0 Å². The molecule has 23 heavy (non-hydrogen) atoms. The van der Waals surface area contributed by atoms with Gasteiger partial charge in [0.15, 0.2) is 0 Å². The van der Waals surface area contributed by atoms with Gasteiger partial charge in [0.1, 0.15) is 0 Å². The van der Waals surface area contributed by atoms with Gasteiger partial charge in [-0.25, -0.2) is 9.97 Å². The maximum Gasteiger partial charge on any atom is 0.257 e. The van der Waals surface area contributed by atoms with Gasteiger partial charge in [0, 0.05) is 44.1 Å². The monoisotopic (exact) mass is 316 g/mol. The molecule has 0 unspecified atom stereocenters. The molecule has 0 saturated carbocycles. The number of aliphatic hydroxyl groups excluding tert-OH is 1. The summed E-state index contributed by atoms with van der Waals surface area (Å²) in [6.07, 6.45) is 3.09. The number of carbonyl (C=O) groups is 1.